The van der Waals surface area contributed by atoms with Crippen LogP contribution >= 0.6 is 0 Å². The molecule has 1 nitrogen and oxygen atoms in total. The van der Waals surface area contributed by atoms with Crippen LogP contribution in [0.2, 0.25) is 18.1 Å². The van der Waals surface area contributed by atoms with Gasteiger partial charge in [0, 0.05) is 0 Å². The van der Waals surface area contributed by atoms with E-state index < -0.39 is 8.32 Å². The van der Waals surface area contributed by atoms with Crippen LogP contribution in [0.4, 0.5) is 0 Å². The van der Waals surface area contributed by atoms with Crippen molar-refractivity contribution in [3.8, 4) is 0 Å². The normalized spacial score (nSPS) is 25.8. The van der Waals surface area contributed by atoms with Crippen LogP contribution in [0.1, 0.15) is 47.5 Å². The molecular formula is C14H28OSi. The van der Waals surface area contributed by atoms with E-state index in [9.17, 15) is 0 Å². The average molecular weight is 240 g/mol. The maximum Gasteiger partial charge on any atom is 0.192 e. The zero-order valence-corrected chi connectivity index (χ0v) is 13.1. The molecule has 16 heavy (non-hydrogen) atoms. The van der Waals surface area contributed by atoms with E-state index in [2.05, 4.69) is 59.9 Å². The summed E-state index contributed by atoms with van der Waals surface area (Å²) in [6, 6.07) is 0. The van der Waals surface area contributed by atoms with Crippen LogP contribution in [0.5, 0.6) is 0 Å². The molecule has 0 fully saturated rings. The predicted molar refractivity (Wildman–Crippen MR) is 74.2 cm³/mol. The standard InChI is InChI=1S/C14H28OSi/c1-13(2,3)16(6,7)15-12-10-8-9-11-14(12,4)5/h8,10,12H,9,11H2,1-7H3/t12-/m1/s1. The number of hydrogen-bond acceptors (Lipinski definition) is 1. The summed E-state index contributed by atoms with van der Waals surface area (Å²) in [5, 5.41) is 0.300. The van der Waals surface area contributed by atoms with Gasteiger partial charge in [-0.15, -0.1) is 0 Å². The second kappa shape index (κ2) is 4.30. The van der Waals surface area contributed by atoms with E-state index >= 15 is 0 Å². The van der Waals surface area contributed by atoms with Crippen LogP contribution in [0, 0.1) is 5.41 Å². The predicted octanol–water partition coefficient (Wildman–Crippen LogP) is 4.75. The van der Waals surface area contributed by atoms with Crippen molar-refractivity contribution in [2.24, 2.45) is 5.41 Å². The summed E-state index contributed by atoms with van der Waals surface area (Å²) in [5.74, 6) is 0. The summed E-state index contributed by atoms with van der Waals surface area (Å²) >= 11 is 0. The smallest absolute Gasteiger partial charge is 0.192 e. The van der Waals surface area contributed by atoms with Crippen molar-refractivity contribution in [3.63, 3.8) is 0 Å². The van der Waals surface area contributed by atoms with Crippen LogP contribution in [-0.2, 0) is 4.43 Å². The maximum atomic E-state index is 6.51. The third-order valence-electron chi connectivity index (χ3n) is 4.26. The zero-order chi connectivity index (χ0) is 12.6. The molecule has 0 saturated carbocycles. The van der Waals surface area contributed by atoms with Crippen LogP contribution in [0.3, 0.4) is 0 Å². The van der Waals surface area contributed by atoms with E-state index in [0.29, 0.717) is 16.6 Å². The largest absolute Gasteiger partial charge is 0.410 e. The summed E-state index contributed by atoms with van der Waals surface area (Å²) < 4.78 is 6.51. The number of rotatable bonds is 2. The van der Waals surface area contributed by atoms with E-state index in [0.717, 1.165) is 0 Å². The van der Waals surface area contributed by atoms with Gasteiger partial charge in [-0.25, -0.2) is 0 Å². The first-order valence-electron chi connectivity index (χ1n) is 6.41. The molecule has 0 aromatic rings. The Hall–Kier alpha value is -0.0831. The third kappa shape index (κ3) is 2.98. The first kappa shape index (κ1) is 14.0. The summed E-state index contributed by atoms with van der Waals surface area (Å²) in [6.07, 6.45) is 7.31. The van der Waals surface area contributed by atoms with Crippen molar-refractivity contribution in [2.75, 3.05) is 0 Å². The second-order valence-electron chi connectivity index (χ2n) is 7.25. The van der Waals surface area contributed by atoms with Gasteiger partial charge in [0.05, 0.1) is 6.10 Å². The molecule has 0 bridgehead atoms. The molecule has 1 rings (SSSR count). The van der Waals surface area contributed by atoms with Crippen molar-refractivity contribution in [3.05, 3.63) is 12.2 Å². The topological polar surface area (TPSA) is 9.23 Å². The SMILES string of the molecule is CC1(C)CCC=C[C@H]1O[Si](C)(C)C(C)(C)C. The highest BCUT2D eigenvalue weighted by atomic mass is 28.4. The monoisotopic (exact) mass is 240 g/mol. The minimum atomic E-state index is -1.63. The fourth-order valence-electron chi connectivity index (χ4n) is 1.77. The van der Waals surface area contributed by atoms with Gasteiger partial charge in [-0.05, 0) is 36.4 Å². The maximum absolute atomic E-state index is 6.51. The zero-order valence-electron chi connectivity index (χ0n) is 12.1. The van der Waals surface area contributed by atoms with Crippen molar-refractivity contribution < 1.29 is 4.43 Å². The first-order chi connectivity index (χ1) is 7.06. The van der Waals surface area contributed by atoms with Crippen LogP contribution in [-0.4, -0.2) is 14.4 Å². The van der Waals surface area contributed by atoms with Gasteiger partial charge in [0.2, 0.25) is 0 Å². The molecular weight excluding hydrogens is 212 g/mol. The van der Waals surface area contributed by atoms with E-state index in [1.54, 1.807) is 0 Å². The van der Waals surface area contributed by atoms with Gasteiger partial charge in [0.1, 0.15) is 0 Å². The molecule has 0 saturated heterocycles. The number of hydrogen-bond donors (Lipinski definition) is 0. The fourth-order valence-corrected chi connectivity index (χ4v) is 3.16. The minimum Gasteiger partial charge on any atom is -0.410 e. The van der Waals surface area contributed by atoms with Gasteiger partial charge in [-0.2, -0.15) is 0 Å². The highest BCUT2D eigenvalue weighted by molar-refractivity contribution is 6.74. The molecule has 2 heteroatoms. The lowest BCUT2D eigenvalue weighted by atomic mass is 9.79. The fraction of sp³-hybridized carbons (Fsp3) is 0.857. The van der Waals surface area contributed by atoms with E-state index in [1.807, 2.05) is 0 Å². The summed E-state index contributed by atoms with van der Waals surface area (Å²) in [6.45, 7) is 16.2. The molecule has 0 aliphatic heterocycles. The molecule has 0 aromatic heterocycles. The Morgan fingerprint density at radius 1 is 1.25 bits per heavy atom. The molecule has 0 aromatic carbocycles. The van der Waals surface area contributed by atoms with Gasteiger partial charge >= 0.3 is 0 Å². The molecule has 1 aliphatic carbocycles. The highest BCUT2D eigenvalue weighted by Crippen LogP contribution is 2.42. The van der Waals surface area contributed by atoms with Crippen molar-refractivity contribution in [2.45, 2.75) is 71.7 Å². The molecule has 94 valence electrons. The van der Waals surface area contributed by atoms with Gasteiger partial charge in [-0.1, -0.05) is 46.8 Å². The highest BCUT2D eigenvalue weighted by Gasteiger charge is 2.42. The minimum absolute atomic E-state index is 0.296. The second-order valence-corrected chi connectivity index (χ2v) is 12.0. The quantitative estimate of drug-likeness (QED) is 0.500. The Kier molecular flexibility index (Phi) is 3.76. The molecule has 0 amide bonds. The number of allylic oxidation sites excluding steroid dienone is 1. The molecule has 0 unspecified atom stereocenters. The van der Waals surface area contributed by atoms with Crippen molar-refractivity contribution in [1.82, 2.24) is 0 Å². The van der Waals surface area contributed by atoms with Gasteiger partial charge in [-0.3, -0.25) is 0 Å². The summed E-state index contributed by atoms with van der Waals surface area (Å²) in [4.78, 5) is 0. The lowest BCUT2D eigenvalue weighted by Crippen LogP contribution is -2.47. The van der Waals surface area contributed by atoms with Crippen molar-refractivity contribution in [1.29, 1.82) is 0 Å². The van der Waals surface area contributed by atoms with E-state index in [1.165, 1.54) is 12.8 Å². The van der Waals surface area contributed by atoms with Crippen molar-refractivity contribution >= 4 is 8.32 Å². The third-order valence-corrected chi connectivity index (χ3v) is 8.72. The van der Waals surface area contributed by atoms with Gasteiger partial charge < -0.3 is 4.43 Å². The summed E-state index contributed by atoms with van der Waals surface area (Å²) in [7, 11) is -1.63. The lowest BCUT2D eigenvalue weighted by Gasteiger charge is -2.44. The van der Waals surface area contributed by atoms with Gasteiger partial charge in [0.15, 0.2) is 8.32 Å². The molecule has 0 N–H and O–H groups in total. The van der Waals surface area contributed by atoms with Crippen LogP contribution in [0.15, 0.2) is 12.2 Å². The Labute approximate surface area is 102 Å². The Bertz CT molecular complexity index is 271. The van der Waals surface area contributed by atoms with Crippen LogP contribution in [0.25, 0.3) is 0 Å². The summed E-state index contributed by atoms with van der Waals surface area (Å²) in [5.41, 5.74) is 0.296. The first-order valence-corrected chi connectivity index (χ1v) is 9.32. The molecule has 1 atom stereocenters. The van der Waals surface area contributed by atoms with Crippen LogP contribution < -0.4 is 0 Å². The Balaban J connectivity index is 2.80. The van der Waals surface area contributed by atoms with Gasteiger partial charge in [0.25, 0.3) is 0 Å². The molecule has 0 radical (unpaired) electrons. The lowest BCUT2D eigenvalue weighted by molar-refractivity contribution is 0.0860. The molecule has 1 aliphatic rings. The Morgan fingerprint density at radius 2 is 1.81 bits per heavy atom. The van der Waals surface area contributed by atoms with E-state index in [4.69, 9.17) is 4.43 Å². The molecule has 0 spiro atoms. The Morgan fingerprint density at radius 3 is 2.25 bits per heavy atom. The average Bonchev–Trinajstić information content (AvgIpc) is 2.06. The van der Waals surface area contributed by atoms with E-state index in [-0.39, 0.29) is 0 Å². The molecule has 0 heterocycles.